The average Bonchev–Trinajstić information content (AvgIpc) is 3.16. The molecule has 2 rings (SSSR count). The van der Waals surface area contributed by atoms with Crippen LogP contribution in [0, 0.1) is 0 Å². The summed E-state index contributed by atoms with van der Waals surface area (Å²) in [6.45, 7) is 5.59. The summed E-state index contributed by atoms with van der Waals surface area (Å²) in [6, 6.07) is 0.374. The van der Waals surface area contributed by atoms with Crippen LogP contribution in [0.4, 0.5) is 0 Å². The Labute approximate surface area is 180 Å². The molecule has 2 N–H and O–H groups in total. The summed E-state index contributed by atoms with van der Waals surface area (Å²) in [7, 11) is 5.24. The third-order valence-corrected chi connectivity index (χ3v) is 4.93. The van der Waals surface area contributed by atoms with Crippen molar-refractivity contribution in [2.45, 2.75) is 37.8 Å². The van der Waals surface area contributed by atoms with E-state index < -0.39 is 0 Å². The van der Waals surface area contributed by atoms with Crippen molar-refractivity contribution in [3.05, 3.63) is 0 Å². The van der Waals surface area contributed by atoms with Crippen LogP contribution in [-0.4, -0.2) is 101 Å². The molecule has 1 atom stereocenters. The molecule has 2 aliphatic heterocycles. The van der Waals surface area contributed by atoms with Crippen LogP contribution in [0.3, 0.4) is 0 Å². The van der Waals surface area contributed by atoms with Crippen LogP contribution in [-0.2, 0) is 14.3 Å². The van der Waals surface area contributed by atoms with Crippen molar-refractivity contribution in [3.63, 3.8) is 0 Å². The molecular weight excluding hydrogens is 461 g/mol. The molecule has 0 spiro atoms. The van der Waals surface area contributed by atoms with E-state index in [0.717, 1.165) is 65.1 Å². The standard InChI is InChI=1S/C18H35N5O3.HI/c1-22(2)17(24)14-20-18(19-13-16-5-4-11-26-16)21-15-6-8-23(9-7-15)10-12-25-3;/h15-16H,4-14H2,1-3H3,(H2,19,20,21);1H. The molecule has 0 aromatic heterocycles. The number of nitrogens with zero attached hydrogens (tertiary/aromatic N) is 3. The number of likely N-dealkylation sites (tertiary alicyclic amines) is 1. The highest BCUT2D eigenvalue weighted by molar-refractivity contribution is 14.0. The van der Waals surface area contributed by atoms with Gasteiger partial charge in [-0.15, -0.1) is 24.0 Å². The van der Waals surface area contributed by atoms with Crippen LogP contribution < -0.4 is 10.6 Å². The fraction of sp³-hybridized carbons (Fsp3) is 0.889. The highest BCUT2D eigenvalue weighted by atomic mass is 127. The van der Waals surface area contributed by atoms with Gasteiger partial charge >= 0.3 is 0 Å². The first-order valence-electron chi connectivity index (χ1n) is 9.66. The number of amides is 1. The molecule has 0 bridgehead atoms. The van der Waals surface area contributed by atoms with E-state index in [1.165, 1.54) is 0 Å². The molecule has 158 valence electrons. The number of methoxy groups -OCH3 is 1. The fourth-order valence-corrected chi connectivity index (χ4v) is 3.17. The van der Waals surface area contributed by atoms with Gasteiger partial charge in [-0.2, -0.15) is 0 Å². The number of aliphatic imine (C=N–C) groups is 1. The zero-order valence-corrected chi connectivity index (χ0v) is 19.2. The van der Waals surface area contributed by atoms with Gasteiger partial charge in [-0.25, -0.2) is 4.99 Å². The van der Waals surface area contributed by atoms with Gasteiger partial charge in [-0.1, -0.05) is 0 Å². The predicted molar refractivity (Wildman–Crippen MR) is 118 cm³/mol. The first-order chi connectivity index (χ1) is 12.6. The van der Waals surface area contributed by atoms with Crippen molar-refractivity contribution >= 4 is 35.8 Å². The van der Waals surface area contributed by atoms with Crippen LogP contribution in [0.25, 0.3) is 0 Å². The van der Waals surface area contributed by atoms with Crippen LogP contribution >= 0.6 is 24.0 Å². The Morgan fingerprint density at radius 3 is 2.63 bits per heavy atom. The van der Waals surface area contributed by atoms with Crippen LogP contribution in [0.15, 0.2) is 4.99 Å². The van der Waals surface area contributed by atoms with E-state index in [4.69, 9.17) is 9.47 Å². The SMILES string of the molecule is COCCN1CCC(NC(=NCC(=O)N(C)C)NCC2CCCO2)CC1.I. The third-order valence-electron chi connectivity index (χ3n) is 4.93. The lowest BCUT2D eigenvalue weighted by molar-refractivity contribution is -0.127. The summed E-state index contributed by atoms with van der Waals surface area (Å²) in [4.78, 5) is 20.3. The molecule has 0 saturated carbocycles. The third kappa shape index (κ3) is 9.40. The number of carbonyl (C=O) groups is 1. The Balaban J connectivity index is 0.00000364. The molecule has 1 amide bonds. The Morgan fingerprint density at radius 2 is 2.04 bits per heavy atom. The number of likely N-dealkylation sites (N-methyl/N-ethyl adjacent to an activating group) is 1. The van der Waals surface area contributed by atoms with Gasteiger partial charge in [0.1, 0.15) is 6.54 Å². The second-order valence-corrected chi connectivity index (χ2v) is 7.22. The van der Waals surface area contributed by atoms with Gasteiger partial charge in [-0.05, 0) is 25.7 Å². The Kier molecular flexibility index (Phi) is 12.2. The Hall–Kier alpha value is -0.650. The molecule has 0 aromatic rings. The zero-order chi connectivity index (χ0) is 18.8. The summed E-state index contributed by atoms with van der Waals surface area (Å²) >= 11 is 0. The quantitative estimate of drug-likeness (QED) is 0.289. The van der Waals surface area contributed by atoms with Crippen molar-refractivity contribution in [1.29, 1.82) is 0 Å². The van der Waals surface area contributed by atoms with Crippen molar-refractivity contribution in [3.8, 4) is 0 Å². The highest BCUT2D eigenvalue weighted by Gasteiger charge is 2.21. The topological polar surface area (TPSA) is 78.4 Å². The molecule has 0 radical (unpaired) electrons. The minimum atomic E-state index is -0.00222. The van der Waals surface area contributed by atoms with Gasteiger partial charge < -0.3 is 29.9 Å². The maximum absolute atomic E-state index is 11.9. The first-order valence-corrected chi connectivity index (χ1v) is 9.66. The normalized spacial score (nSPS) is 21.6. The van der Waals surface area contributed by atoms with Crippen molar-refractivity contribution in [2.75, 3.05) is 67.1 Å². The number of hydrogen-bond donors (Lipinski definition) is 2. The highest BCUT2D eigenvalue weighted by Crippen LogP contribution is 2.11. The molecule has 0 aliphatic carbocycles. The maximum Gasteiger partial charge on any atom is 0.243 e. The minimum absolute atomic E-state index is 0. The van der Waals surface area contributed by atoms with Crippen LogP contribution in [0.1, 0.15) is 25.7 Å². The first kappa shape index (κ1) is 24.4. The van der Waals surface area contributed by atoms with Gasteiger partial charge in [0.2, 0.25) is 5.91 Å². The second-order valence-electron chi connectivity index (χ2n) is 7.22. The second kappa shape index (κ2) is 13.5. The van der Waals surface area contributed by atoms with E-state index >= 15 is 0 Å². The predicted octanol–water partition coefficient (Wildman–Crippen LogP) is 0.518. The summed E-state index contributed by atoms with van der Waals surface area (Å²) in [5.41, 5.74) is 0. The number of ether oxygens (including phenoxy) is 2. The van der Waals surface area contributed by atoms with E-state index in [-0.39, 0.29) is 42.5 Å². The fourth-order valence-electron chi connectivity index (χ4n) is 3.17. The molecule has 9 heteroatoms. The maximum atomic E-state index is 11.9. The minimum Gasteiger partial charge on any atom is -0.383 e. The number of guanidine groups is 1. The van der Waals surface area contributed by atoms with E-state index in [2.05, 4.69) is 20.5 Å². The lowest BCUT2D eigenvalue weighted by Gasteiger charge is -2.33. The van der Waals surface area contributed by atoms with Gasteiger partial charge in [-0.3, -0.25) is 4.79 Å². The van der Waals surface area contributed by atoms with Gasteiger partial charge in [0.25, 0.3) is 0 Å². The molecule has 2 saturated heterocycles. The van der Waals surface area contributed by atoms with E-state index in [1.807, 2.05) is 0 Å². The average molecular weight is 497 g/mol. The molecular formula is C18H36IN5O3. The lowest BCUT2D eigenvalue weighted by atomic mass is 10.1. The summed E-state index contributed by atoms with van der Waals surface area (Å²) < 4.78 is 10.8. The number of nitrogens with one attached hydrogen (secondary N) is 2. The lowest BCUT2D eigenvalue weighted by Crippen LogP contribution is -2.50. The molecule has 8 nitrogen and oxygen atoms in total. The number of hydrogen-bond acceptors (Lipinski definition) is 5. The number of halogens is 1. The van der Waals surface area contributed by atoms with Crippen LogP contribution in [0.5, 0.6) is 0 Å². The molecule has 2 fully saturated rings. The van der Waals surface area contributed by atoms with Gasteiger partial charge in [0.15, 0.2) is 5.96 Å². The number of rotatable bonds is 8. The Bertz CT molecular complexity index is 450. The Morgan fingerprint density at radius 1 is 1.30 bits per heavy atom. The van der Waals surface area contributed by atoms with Gasteiger partial charge in [0.05, 0.1) is 12.7 Å². The summed E-state index contributed by atoms with van der Waals surface area (Å²) in [5.74, 6) is 0.712. The molecule has 2 heterocycles. The number of carbonyl (C=O) groups excluding carboxylic acids is 1. The van der Waals surface area contributed by atoms with E-state index in [0.29, 0.717) is 12.0 Å². The summed E-state index contributed by atoms with van der Waals surface area (Å²) in [6.07, 6.45) is 4.56. The largest absolute Gasteiger partial charge is 0.383 e. The molecule has 1 unspecified atom stereocenters. The van der Waals surface area contributed by atoms with Crippen molar-refractivity contribution < 1.29 is 14.3 Å². The van der Waals surface area contributed by atoms with E-state index in [9.17, 15) is 4.79 Å². The van der Waals surface area contributed by atoms with Crippen molar-refractivity contribution in [1.82, 2.24) is 20.4 Å². The monoisotopic (exact) mass is 497 g/mol. The molecule has 2 aliphatic rings. The van der Waals surface area contributed by atoms with Crippen molar-refractivity contribution in [2.24, 2.45) is 4.99 Å². The molecule has 27 heavy (non-hydrogen) atoms. The number of piperidine rings is 1. The summed E-state index contributed by atoms with van der Waals surface area (Å²) in [5, 5.41) is 6.86. The van der Waals surface area contributed by atoms with Crippen LogP contribution in [0.2, 0.25) is 0 Å². The van der Waals surface area contributed by atoms with Gasteiger partial charge in [0, 0.05) is 60.0 Å². The van der Waals surface area contributed by atoms with E-state index in [1.54, 1.807) is 26.1 Å². The molecule has 0 aromatic carbocycles. The smallest absolute Gasteiger partial charge is 0.243 e. The zero-order valence-electron chi connectivity index (χ0n) is 16.9.